The Balaban J connectivity index is 4.17. The molecule has 2 N–H and O–H groups in total. The SMILES string of the molecule is CCC(C(=O)OC)=C(C)CCNCC(=O)O. The first-order chi connectivity index (χ1) is 7.52. The summed E-state index contributed by atoms with van der Waals surface area (Å²) in [5, 5.41) is 11.2. The largest absolute Gasteiger partial charge is 0.480 e. The molecule has 0 aromatic heterocycles. The van der Waals surface area contributed by atoms with Crippen molar-refractivity contribution in [2.75, 3.05) is 20.2 Å². The number of carbonyl (C=O) groups is 2. The summed E-state index contributed by atoms with van der Waals surface area (Å²) in [6, 6.07) is 0. The van der Waals surface area contributed by atoms with Crippen molar-refractivity contribution in [3.63, 3.8) is 0 Å². The molecule has 0 amide bonds. The molecule has 0 aromatic carbocycles. The summed E-state index contributed by atoms with van der Waals surface area (Å²) < 4.78 is 4.66. The molecule has 0 unspecified atom stereocenters. The molecular formula is C11H19NO4. The van der Waals surface area contributed by atoms with Gasteiger partial charge in [0.15, 0.2) is 0 Å². The number of carboxylic acid groups (broad SMARTS) is 1. The van der Waals surface area contributed by atoms with E-state index in [4.69, 9.17) is 5.11 Å². The lowest BCUT2D eigenvalue weighted by Crippen LogP contribution is -2.23. The molecule has 5 nitrogen and oxygen atoms in total. The van der Waals surface area contributed by atoms with Gasteiger partial charge >= 0.3 is 11.9 Å². The molecule has 0 bridgehead atoms. The molecule has 0 aliphatic heterocycles. The van der Waals surface area contributed by atoms with Crippen molar-refractivity contribution in [3.8, 4) is 0 Å². The van der Waals surface area contributed by atoms with Crippen LogP contribution in [0.25, 0.3) is 0 Å². The summed E-state index contributed by atoms with van der Waals surface area (Å²) in [5.41, 5.74) is 1.60. The van der Waals surface area contributed by atoms with E-state index in [1.807, 2.05) is 13.8 Å². The first-order valence-corrected chi connectivity index (χ1v) is 5.22. The number of hydrogen-bond donors (Lipinski definition) is 2. The predicted molar refractivity (Wildman–Crippen MR) is 60.1 cm³/mol. The number of rotatable bonds is 7. The van der Waals surface area contributed by atoms with Crippen LogP contribution in [0, 0.1) is 0 Å². The highest BCUT2D eigenvalue weighted by Gasteiger charge is 2.10. The monoisotopic (exact) mass is 229 g/mol. The van der Waals surface area contributed by atoms with Gasteiger partial charge in [0.05, 0.1) is 13.7 Å². The fraction of sp³-hybridized carbons (Fsp3) is 0.636. The Morgan fingerprint density at radius 3 is 2.44 bits per heavy atom. The van der Waals surface area contributed by atoms with E-state index in [-0.39, 0.29) is 12.5 Å². The highest BCUT2D eigenvalue weighted by Crippen LogP contribution is 2.12. The number of esters is 1. The summed E-state index contributed by atoms with van der Waals surface area (Å²) in [5.74, 6) is -1.19. The summed E-state index contributed by atoms with van der Waals surface area (Å²) in [4.78, 5) is 21.6. The van der Waals surface area contributed by atoms with Crippen LogP contribution in [0.2, 0.25) is 0 Å². The zero-order chi connectivity index (χ0) is 12.6. The van der Waals surface area contributed by atoms with Gasteiger partial charge in [0.1, 0.15) is 0 Å². The third-order valence-electron chi connectivity index (χ3n) is 2.25. The van der Waals surface area contributed by atoms with Crippen molar-refractivity contribution < 1.29 is 19.4 Å². The van der Waals surface area contributed by atoms with E-state index in [0.717, 1.165) is 5.57 Å². The molecular weight excluding hydrogens is 210 g/mol. The average molecular weight is 229 g/mol. The number of ether oxygens (including phenoxy) is 1. The van der Waals surface area contributed by atoms with Crippen molar-refractivity contribution >= 4 is 11.9 Å². The third-order valence-corrected chi connectivity index (χ3v) is 2.25. The van der Waals surface area contributed by atoms with Gasteiger partial charge in [-0.15, -0.1) is 0 Å². The maximum absolute atomic E-state index is 11.3. The Bertz CT molecular complexity index is 284. The van der Waals surface area contributed by atoms with Crippen LogP contribution in [0.4, 0.5) is 0 Å². The molecule has 0 atom stereocenters. The molecule has 0 saturated carbocycles. The topological polar surface area (TPSA) is 75.6 Å². The number of carboxylic acids is 1. The van der Waals surface area contributed by atoms with Crippen LogP contribution in [-0.4, -0.2) is 37.2 Å². The number of methoxy groups -OCH3 is 1. The zero-order valence-electron chi connectivity index (χ0n) is 10.0. The maximum atomic E-state index is 11.3. The van der Waals surface area contributed by atoms with Crippen LogP contribution in [0.15, 0.2) is 11.1 Å². The normalized spacial score (nSPS) is 11.9. The minimum absolute atomic E-state index is 0.0625. The van der Waals surface area contributed by atoms with E-state index in [0.29, 0.717) is 25.0 Å². The molecule has 92 valence electrons. The van der Waals surface area contributed by atoms with Gasteiger partial charge in [-0.05, 0) is 26.3 Å². The molecule has 0 heterocycles. The second-order valence-corrected chi connectivity index (χ2v) is 3.42. The van der Waals surface area contributed by atoms with Gasteiger partial charge in [-0.1, -0.05) is 12.5 Å². The van der Waals surface area contributed by atoms with Crippen LogP contribution in [0.1, 0.15) is 26.7 Å². The second kappa shape index (κ2) is 7.87. The van der Waals surface area contributed by atoms with Gasteiger partial charge in [0.25, 0.3) is 0 Å². The van der Waals surface area contributed by atoms with Gasteiger partial charge in [-0.2, -0.15) is 0 Å². The summed E-state index contributed by atoms with van der Waals surface area (Å²) in [7, 11) is 1.36. The first-order valence-electron chi connectivity index (χ1n) is 5.22. The summed E-state index contributed by atoms with van der Waals surface area (Å²) >= 11 is 0. The molecule has 0 rings (SSSR count). The molecule has 0 radical (unpaired) electrons. The van der Waals surface area contributed by atoms with Gasteiger partial charge in [-0.3, -0.25) is 4.79 Å². The number of hydrogen-bond acceptors (Lipinski definition) is 4. The highest BCUT2D eigenvalue weighted by atomic mass is 16.5. The molecule has 0 fully saturated rings. The van der Waals surface area contributed by atoms with Gasteiger partial charge in [0.2, 0.25) is 0 Å². The highest BCUT2D eigenvalue weighted by molar-refractivity contribution is 5.89. The Morgan fingerprint density at radius 2 is 2.00 bits per heavy atom. The molecule has 16 heavy (non-hydrogen) atoms. The Labute approximate surface area is 95.5 Å². The minimum Gasteiger partial charge on any atom is -0.480 e. The third kappa shape index (κ3) is 5.50. The maximum Gasteiger partial charge on any atom is 0.333 e. The minimum atomic E-state index is -0.884. The first kappa shape index (κ1) is 14.6. The second-order valence-electron chi connectivity index (χ2n) is 3.42. The van der Waals surface area contributed by atoms with Crippen molar-refractivity contribution in [3.05, 3.63) is 11.1 Å². The Morgan fingerprint density at radius 1 is 1.38 bits per heavy atom. The molecule has 0 saturated heterocycles. The zero-order valence-corrected chi connectivity index (χ0v) is 10.0. The fourth-order valence-corrected chi connectivity index (χ4v) is 1.37. The van der Waals surface area contributed by atoms with Crippen LogP contribution < -0.4 is 5.32 Å². The van der Waals surface area contributed by atoms with Gasteiger partial charge in [-0.25, -0.2) is 4.79 Å². The van der Waals surface area contributed by atoms with Crippen LogP contribution in [-0.2, 0) is 14.3 Å². The van der Waals surface area contributed by atoms with Gasteiger partial charge < -0.3 is 15.2 Å². The van der Waals surface area contributed by atoms with Crippen molar-refractivity contribution in [1.29, 1.82) is 0 Å². The van der Waals surface area contributed by atoms with Crippen molar-refractivity contribution in [1.82, 2.24) is 5.32 Å². The standard InChI is InChI=1S/C11H19NO4/c1-4-9(11(15)16-3)8(2)5-6-12-7-10(13)14/h12H,4-7H2,1-3H3,(H,13,14). The van der Waals surface area contributed by atoms with Crippen LogP contribution >= 0.6 is 0 Å². The summed E-state index contributed by atoms with van der Waals surface area (Å²) in [6.45, 7) is 4.23. The van der Waals surface area contributed by atoms with E-state index in [9.17, 15) is 9.59 Å². The molecule has 0 aliphatic carbocycles. The number of nitrogens with one attached hydrogen (secondary N) is 1. The van der Waals surface area contributed by atoms with Gasteiger partial charge in [0, 0.05) is 5.57 Å². The molecule has 0 aromatic rings. The van der Waals surface area contributed by atoms with Crippen LogP contribution in [0.3, 0.4) is 0 Å². The van der Waals surface area contributed by atoms with E-state index in [1.165, 1.54) is 7.11 Å². The van der Waals surface area contributed by atoms with E-state index >= 15 is 0 Å². The fourth-order valence-electron chi connectivity index (χ4n) is 1.37. The smallest absolute Gasteiger partial charge is 0.333 e. The van der Waals surface area contributed by atoms with Crippen molar-refractivity contribution in [2.24, 2.45) is 0 Å². The number of carbonyl (C=O) groups excluding carboxylic acids is 1. The Kier molecular flexibility index (Phi) is 7.20. The lowest BCUT2D eigenvalue weighted by Gasteiger charge is -2.08. The number of aliphatic carboxylic acids is 1. The molecule has 0 aliphatic rings. The lowest BCUT2D eigenvalue weighted by atomic mass is 10.0. The van der Waals surface area contributed by atoms with Crippen LogP contribution in [0.5, 0.6) is 0 Å². The predicted octanol–water partition coefficient (Wildman–Crippen LogP) is 0.950. The average Bonchev–Trinajstić information content (AvgIpc) is 2.24. The van der Waals surface area contributed by atoms with E-state index in [2.05, 4.69) is 10.1 Å². The van der Waals surface area contributed by atoms with E-state index in [1.54, 1.807) is 0 Å². The Hall–Kier alpha value is -1.36. The molecule has 0 spiro atoms. The summed E-state index contributed by atoms with van der Waals surface area (Å²) in [6.07, 6.45) is 1.27. The quantitative estimate of drug-likeness (QED) is 0.386. The van der Waals surface area contributed by atoms with Crippen molar-refractivity contribution in [2.45, 2.75) is 26.7 Å². The molecule has 5 heteroatoms. The van der Waals surface area contributed by atoms with E-state index < -0.39 is 5.97 Å². The lowest BCUT2D eigenvalue weighted by molar-refractivity contribution is -0.137.